The molecule has 0 bridgehead atoms. The number of morpholine rings is 1. The maximum absolute atomic E-state index is 6.17. The average molecular weight is 333 g/mol. The highest BCUT2D eigenvalue weighted by molar-refractivity contribution is 6.62. The zero-order valence-electron chi connectivity index (χ0n) is 15.4. The van der Waals surface area contributed by atoms with Gasteiger partial charge in [-0.3, -0.25) is 4.90 Å². The smallest absolute Gasteiger partial charge is 0.494 e. The van der Waals surface area contributed by atoms with Gasteiger partial charge in [0, 0.05) is 25.2 Å². The zero-order valence-corrected chi connectivity index (χ0v) is 15.4. The molecule has 0 spiro atoms. The maximum Gasteiger partial charge on any atom is 0.494 e. The largest absolute Gasteiger partial charge is 0.496 e. The molecule has 2 fully saturated rings. The fraction of sp³-hybridized carbons (Fsp3) is 0.667. The van der Waals surface area contributed by atoms with Crippen molar-refractivity contribution in [1.29, 1.82) is 0 Å². The van der Waals surface area contributed by atoms with Crippen molar-refractivity contribution < 1.29 is 18.8 Å². The lowest BCUT2D eigenvalue weighted by Gasteiger charge is -2.32. The van der Waals surface area contributed by atoms with Crippen LogP contribution in [0, 0.1) is 0 Å². The topological polar surface area (TPSA) is 40.2 Å². The molecular weight excluding hydrogens is 305 g/mol. The van der Waals surface area contributed by atoms with Crippen LogP contribution in [0.4, 0.5) is 0 Å². The number of methoxy groups -OCH3 is 1. The first kappa shape index (κ1) is 17.7. The van der Waals surface area contributed by atoms with Crippen LogP contribution in [0.2, 0.25) is 0 Å². The fourth-order valence-corrected chi connectivity index (χ4v) is 3.05. The molecule has 1 aromatic rings. The summed E-state index contributed by atoms with van der Waals surface area (Å²) in [7, 11) is 1.37. The molecule has 0 saturated carbocycles. The summed E-state index contributed by atoms with van der Waals surface area (Å²) in [5.41, 5.74) is 1.54. The van der Waals surface area contributed by atoms with Crippen molar-refractivity contribution in [1.82, 2.24) is 4.90 Å². The van der Waals surface area contributed by atoms with Gasteiger partial charge >= 0.3 is 7.12 Å². The molecule has 0 aromatic heterocycles. The van der Waals surface area contributed by atoms with Gasteiger partial charge in [-0.15, -0.1) is 0 Å². The molecule has 2 aliphatic heterocycles. The van der Waals surface area contributed by atoms with E-state index in [0.717, 1.165) is 49.6 Å². The van der Waals surface area contributed by atoms with Crippen molar-refractivity contribution in [2.75, 3.05) is 33.4 Å². The highest BCUT2D eigenvalue weighted by Crippen LogP contribution is 2.36. The Morgan fingerprint density at radius 2 is 1.71 bits per heavy atom. The Labute approximate surface area is 145 Å². The molecule has 24 heavy (non-hydrogen) atoms. The lowest BCUT2D eigenvalue weighted by molar-refractivity contribution is 0.00578. The van der Waals surface area contributed by atoms with Crippen LogP contribution in [0.25, 0.3) is 0 Å². The zero-order chi connectivity index (χ0) is 17.4. The summed E-state index contributed by atoms with van der Waals surface area (Å²) in [5, 5.41) is 0. The summed E-state index contributed by atoms with van der Waals surface area (Å²) >= 11 is 0. The molecule has 132 valence electrons. The molecule has 3 rings (SSSR count). The minimum atomic E-state index is -0.343. The van der Waals surface area contributed by atoms with Crippen LogP contribution >= 0.6 is 0 Å². The van der Waals surface area contributed by atoms with Gasteiger partial charge in [-0.2, -0.15) is 0 Å². The van der Waals surface area contributed by atoms with Crippen molar-refractivity contribution in [2.24, 2.45) is 0 Å². The molecule has 2 saturated heterocycles. The average Bonchev–Trinajstić information content (AvgIpc) is 2.76. The number of nitrogens with zero attached hydrogens (tertiary/aromatic N) is 1. The Morgan fingerprint density at radius 3 is 2.29 bits per heavy atom. The quantitative estimate of drug-likeness (QED) is 0.786. The molecule has 0 atom stereocenters. The summed E-state index contributed by atoms with van der Waals surface area (Å²) < 4.78 is 23.3. The van der Waals surface area contributed by atoms with Gasteiger partial charge in [0.25, 0.3) is 0 Å². The molecule has 0 amide bonds. The van der Waals surface area contributed by atoms with Crippen LogP contribution in [-0.2, 0) is 20.6 Å². The Kier molecular flexibility index (Phi) is 4.93. The van der Waals surface area contributed by atoms with E-state index in [1.165, 1.54) is 0 Å². The third-order valence-electron chi connectivity index (χ3n) is 5.33. The van der Waals surface area contributed by atoms with Crippen LogP contribution in [0.5, 0.6) is 5.75 Å². The van der Waals surface area contributed by atoms with E-state index in [2.05, 4.69) is 38.7 Å². The molecule has 1 aromatic carbocycles. The van der Waals surface area contributed by atoms with E-state index < -0.39 is 0 Å². The van der Waals surface area contributed by atoms with Crippen molar-refractivity contribution in [3.63, 3.8) is 0 Å². The van der Waals surface area contributed by atoms with Crippen molar-refractivity contribution in [3.8, 4) is 5.75 Å². The summed E-state index contributed by atoms with van der Waals surface area (Å²) in [6.45, 7) is 12.6. The van der Waals surface area contributed by atoms with Crippen LogP contribution in [0.15, 0.2) is 18.2 Å². The van der Waals surface area contributed by atoms with Crippen LogP contribution in [-0.4, -0.2) is 56.6 Å². The second-order valence-corrected chi connectivity index (χ2v) is 7.55. The number of ether oxygens (including phenoxy) is 2. The molecule has 0 unspecified atom stereocenters. The summed E-state index contributed by atoms with van der Waals surface area (Å²) in [4.78, 5) is 2.38. The standard InChI is InChI=1S/C18H28BNO4/c1-17(2)18(3,4)24-19(23-17)15-6-7-16(21-5)14(12-15)13-20-8-10-22-11-9-20/h6-7,12H,8-11,13H2,1-5H3. The Hall–Kier alpha value is -1.08. The van der Waals surface area contributed by atoms with Crippen LogP contribution in [0.1, 0.15) is 33.3 Å². The van der Waals surface area contributed by atoms with E-state index in [9.17, 15) is 0 Å². The molecule has 6 heteroatoms. The molecule has 0 N–H and O–H groups in total. The Morgan fingerprint density at radius 1 is 1.08 bits per heavy atom. The van der Waals surface area contributed by atoms with Gasteiger partial charge in [-0.25, -0.2) is 0 Å². The second-order valence-electron chi connectivity index (χ2n) is 7.55. The van der Waals surface area contributed by atoms with Gasteiger partial charge in [-0.1, -0.05) is 12.1 Å². The van der Waals surface area contributed by atoms with Gasteiger partial charge in [0.1, 0.15) is 5.75 Å². The number of hydrogen-bond donors (Lipinski definition) is 0. The minimum Gasteiger partial charge on any atom is -0.496 e. The highest BCUT2D eigenvalue weighted by atomic mass is 16.7. The molecular formula is C18H28BNO4. The number of rotatable bonds is 4. The first-order chi connectivity index (χ1) is 11.3. The van der Waals surface area contributed by atoms with E-state index in [4.69, 9.17) is 18.8 Å². The van der Waals surface area contributed by atoms with Crippen LogP contribution < -0.4 is 10.2 Å². The van der Waals surface area contributed by atoms with E-state index >= 15 is 0 Å². The predicted molar refractivity (Wildman–Crippen MR) is 94.8 cm³/mol. The Bertz CT molecular complexity index is 568. The van der Waals surface area contributed by atoms with Gasteiger partial charge in [-0.05, 0) is 39.2 Å². The first-order valence-electron chi connectivity index (χ1n) is 8.65. The SMILES string of the molecule is COc1ccc(B2OC(C)(C)C(C)(C)O2)cc1CN1CCOCC1. The highest BCUT2D eigenvalue weighted by Gasteiger charge is 2.51. The third-order valence-corrected chi connectivity index (χ3v) is 5.33. The van der Waals surface area contributed by atoms with E-state index in [1.807, 2.05) is 12.1 Å². The summed E-state index contributed by atoms with van der Waals surface area (Å²) in [6, 6.07) is 6.19. The van der Waals surface area contributed by atoms with Crippen molar-refractivity contribution in [2.45, 2.75) is 45.4 Å². The van der Waals surface area contributed by atoms with Crippen molar-refractivity contribution in [3.05, 3.63) is 23.8 Å². The van der Waals surface area contributed by atoms with E-state index in [0.29, 0.717) is 0 Å². The van der Waals surface area contributed by atoms with Crippen molar-refractivity contribution >= 4 is 12.6 Å². The first-order valence-corrected chi connectivity index (χ1v) is 8.65. The lowest BCUT2D eigenvalue weighted by Crippen LogP contribution is -2.41. The molecule has 5 nitrogen and oxygen atoms in total. The fourth-order valence-electron chi connectivity index (χ4n) is 3.05. The normalized spacial score (nSPS) is 23.5. The monoisotopic (exact) mass is 333 g/mol. The summed E-state index contributed by atoms with van der Waals surface area (Å²) in [5.74, 6) is 0.904. The lowest BCUT2D eigenvalue weighted by atomic mass is 9.78. The molecule has 2 heterocycles. The molecule has 2 aliphatic rings. The number of hydrogen-bond acceptors (Lipinski definition) is 5. The third kappa shape index (κ3) is 3.47. The van der Waals surface area contributed by atoms with E-state index in [-0.39, 0.29) is 18.3 Å². The molecule has 0 radical (unpaired) electrons. The maximum atomic E-state index is 6.17. The van der Waals surface area contributed by atoms with Gasteiger partial charge < -0.3 is 18.8 Å². The van der Waals surface area contributed by atoms with Crippen LogP contribution in [0.3, 0.4) is 0 Å². The minimum absolute atomic E-state index is 0.331. The number of benzene rings is 1. The van der Waals surface area contributed by atoms with E-state index in [1.54, 1.807) is 7.11 Å². The molecule has 0 aliphatic carbocycles. The predicted octanol–water partition coefficient (Wildman–Crippen LogP) is 1.83. The van der Waals surface area contributed by atoms with Gasteiger partial charge in [0.05, 0.1) is 31.5 Å². The Balaban J connectivity index is 1.81. The van der Waals surface area contributed by atoms with Gasteiger partial charge in [0.2, 0.25) is 0 Å². The van der Waals surface area contributed by atoms with Gasteiger partial charge in [0.15, 0.2) is 0 Å². The second kappa shape index (κ2) is 6.67. The summed E-state index contributed by atoms with van der Waals surface area (Å²) in [6.07, 6.45) is 0.